The van der Waals surface area contributed by atoms with Crippen LogP contribution in [0.3, 0.4) is 0 Å². The molecule has 0 bridgehead atoms. The summed E-state index contributed by atoms with van der Waals surface area (Å²) in [5.74, 6) is 1.18. The van der Waals surface area contributed by atoms with E-state index in [1.807, 2.05) is 42.6 Å². The molecule has 1 unspecified atom stereocenters. The predicted octanol–water partition coefficient (Wildman–Crippen LogP) is 6.10. The number of benzene rings is 3. The standard InChI is InChI=1S/C33H36N2O4/c1-19(2)20(3)26-13-21-10-11-22-14-31(38-4)32(39-5)16-28(22)27(21)15-29(26)33(37)35-24(18-36)12-23-17-34-30-9-7-6-8-25(23)30/h6-9,13-17,24,34,36H,10-12,18H2,1-5H3,(H,35,37). The maximum Gasteiger partial charge on any atom is 0.252 e. The third-order valence-corrected chi connectivity index (χ3v) is 7.90. The van der Waals surface area contributed by atoms with Gasteiger partial charge in [0.15, 0.2) is 11.5 Å². The molecule has 0 spiro atoms. The molecular formula is C33H36N2O4. The molecule has 39 heavy (non-hydrogen) atoms. The highest BCUT2D eigenvalue weighted by Crippen LogP contribution is 2.42. The molecule has 3 N–H and O–H groups in total. The van der Waals surface area contributed by atoms with Gasteiger partial charge in [0.05, 0.1) is 26.9 Å². The van der Waals surface area contributed by atoms with Crippen LogP contribution in [0, 0.1) is 0 Å². The van der Waals surface area contributed by atoms with Gasteiger partial charge in [0.1, 0.15) is 0 Å². The van der Waals surface area contributed by atoms with Crippen LogP contribution >= 0.6 is 0 Å². The number of aryl methyl sites for hydroxylation is 2. The Morgan fingerprint density at radius 1 is 0.949 bits per heavy atom. The van der Waals surface area contributed by atoms with Crippen molar-refractivity contribution in [1.29, 1.82) is 0 Å². The number of aliphatic hydroxyl groups excluding tert-OH is 1. The molecule has 0 saturated heterocycles. The average molecular weight is 525 g/mol. The van der Waals surface area contributed by atoms with Crippen LogP contribution < -0.4 is 14.8 Å². The van der Waals surface area contributed by atoms with Gasteiger partial charge in [-0.2, -0.15) is 0 Å². The molecule has 6 heteroatoms. The minimum atomic E-state index is -0.427. The van der Waals surface area contributed by atoms with E-state index in [-0.39, 0.29) is 12.5 Å². The quantitative estimate of drug-likeness (QED) is 0.260. The van der Waals surface area contributed by atoms with Gasteiger partial charge in [-0.15, -0.1) is 0 Å². The van der Waals surface area contributed by atoms with Gasteiger partial charge < -0.3 is 24.9 Å². The fourth-order valence-electron chi connectivity index (χ4n) is 5.51. The van der Waals surface area contributed by atoms with Gasteiger partial charge in [-0.1, -0.05) is 29.8 Å². The van der Waals surface area contributed by atoms with E-state index >= 15 is 0 Å². The van der Waals surface area contributed by atoms with Crippen molar-refractivity contribution in [3.8, 4) is 22.6 Å². The van der Waals surface area contributed by atoms with Gasteiger partial charge in [-0.25, -0.2) is 0 Å². The molecule has 1 aromatic heterocycles. The Bertz CT molecular complexity index is 1580. The number of aliphatic hydroxyl groups is 1. The molecule has 0 saturated carbocycles. The van der Waals surface area contributed by atoms with Crippen LogP contribution in [0.15, 0.2) is 60.3 Å². The third-order valence-electron chi connectivity index (χ3n) is 7.90. The summed E-state index contributed by atoms with van der Waals surface area (Å²) in [5, 5.41) is 14.4. The molecule has 4 aromatic rings. The van der Waals surface area contributed by atoms with Gasteiger partial charge in [-0.05, 0) is 103 Å². The van der Waals surface area contributed by atoms with E-state index in [2.05, 4.69) is 43.2 Å². The van der Waals surface area contributed by atoms with Gasteiger partial charge in [0.25, 0.3) is 5.91 Å². The molecule has 1 heterocycles. The number of allylic oxidation sites excluding steroid dienone is 2. The largest absolute Gasteiger partial charge is 0.493 e. The number of amides is 1. The van der Waals surface area contributed by atoms with Gasteiger partial charge in [0, 0.05) is 22.7 Å². The van der Waals surface area contributed by atoms with Crippen molar-refractivity contribution in [3.05, 3.63) is 88.1 Å². The van der Waals surface area contributed by atoms with Gasteiger partial charge in [0.2, 0.25) is 0 Å². The topological polar surface area (TPSA) is 83.6 Å². The lowest BCUT2D eigenvalue weighted by molar-refractivity contribution is 0.0916. The second kappa shape index (κ2) is 11.0. The van der Waals surface area contributed by atoms with E-state index in [0.717, 1.165) is 57.1 Å². The Balaban J connectivity index is 1.54. The summed E-state index contributed by atoms with van der Waals surface area (Å²) in [6, 6.07) is 15.9. The molecule has 1 atom stereocenters. The number of carbonyl (C=O) groups excluding carboxylic acids is 1. The second-order valence-electron chi connectivity index (χ2n) is 10.5. The summed E-state index contributed by atoms with van der Waals surface area (Å²) in [4.78, 5) is 17.2. The van der Waals surface area contributed by atoms with Crippen LogP contribution in [0.2, 0.25) is 0 Å². The number of methoxy groups -OCH3 is 2. The molecule has 1 aliphatic rings. The molecule has 0 aliphatic heterocycles. The van der Waals surface area contributed by atoms with Crippen LogP contribution in [-0.4, -0.2) is 42.9 Å². The number of aromatic nitrogens is 1. The fourth-order valence-corrected chi connectivity index (χ4v) is 5.51. The smallest absolute Gasteiger partial charge is 0.252 e. The molecule has 0 radical (unpaired) electrons. The van der Waals surface area contributed by atoms with Crippen molar-refractivity contribution in [2.75, 3.05) is 20.8 Å². The molecule has 1 amide bonds. The first-order valence-electron chi connectivity index (χ1n) is 13.4. The molecule has 6 nitrogen and oxygen atoms in total. The van der Waals surface area contributed by atoms with Crippen LogP contribution in [0.1, 0.15) is 53.4 Å². The Morgan fingerprint density at radius 2 is 1.62 bits per heavy atom. The van der Waals surface area contributed by atoms with Crippen molar-refractivity contribution < 1.29 is 19.4 Å². The number of carbonyl (C=O) groups is 1. The first-order chi connectivity index (χ1) is 18.8. The SMILES string of the molecule is COc1cc2c(cc1OC)-c1cc(C(=O)NC(CO)Cc3c[nH]c4ccccc34)c(C(C)=C(C)C)cc1CC2. The van der Waals surface area contributed by atoms with E-state index in [1.54, 1.807) is 14.2 Å². The van der Waals surface area contributed by atoms with Crippen molar-refractivity contribution >= 4 is 22.4 Å². The Labute approximate surface area is 229 Å². The van der Waals surface area contributed by atoms with E-state index in [4.69, 9.17) is 9.47 Å². The average Bonchev–Trinajstić information content (AvgIpc) is 3.37. The lowest BCUT2D eigenvalue weighted by atomic mass is 9.81. The van der Waals surface area contributed by atoms with Crippen LogP contribution in [0.4, 0.5) is 0 Å². The first kappa shape index (κ1) is 26.6. The number of ether oxygens (including phenoxy) is 2. The summed E-state index contributed by atoms with van der Waals surface area (Å²) in [6.45, 7) is 6.04. The highest BCUT2D eigenvalue weighted by atomic mass is 16.5. The number of hydrogen-bond donors (Lipinski definition) is 3. The summed E-state index contributed by atoms with van der Waals surface area (Å²) < 4.78 is 11.1. The van der Waals surface area contributed by atoms with Crippen LogP contribution in [0.25, 0.3) is 27.6 Å². The van der Waals surface area contributed by atoms with Crippen LogP contribution in [0.5, 0.6) is 11.5 Å². The number of fused-ring (bicyclic) bond motifs is 4. The molecule has 0 fully saturated rings. The normalized spacial score (nSPS) is 12.9. The number of aromatic amines is 1. The molecule has 202 valence electrons. The van der Waals surface area contributed by atoms with Crippen molar-refractivity contribution in [1.82, 2.24) is 10.3 Å². The number of hydrogen-bond acceptors (Lipinski definition) is 4. The van der Waals surface area contributed by atoms with Crippen LogP contribution in [-0.2, 0) is 19.3 Å². The van der Waals surface area contributed by atoms with Gasteiger partial charge in [-0.3, -0.25) is 4.79 Å². The summed E-state index contributed by atoms with van der Waals surface area (Å²) in [7, 11) is 3.28. The highest BCUT2D eigenvalue weighted by Gasteiger charge is 2.25. The number of rotatable bonds is 8. The Hall–Kier alpha value is -4.03. The summed E-state index contributed by atoms with van der Waals surface area (Å²) in [6.07, 6.45) is 4.24. The summed E-state index contributed by atoms with van der Waals surface area (Å²) >= 11 is 0. The molecule has 3 aromatic carbocycles. The molecule has 5 rings (SSSR count). The lowest BCUT2D eigenvalue weighted by Gasteiger charge is -2.25. The lowest BCUT2D eigenvalue weighted by Crippen LogP contribution is -2.39. The maximum absolute atomic E-state index is 13.9. The zero-order valence-corrected chi connectivity index (χ0v) is 23.3. The van der Waals surface area contributed by atoms with Crippen molar-refractivity contribution in [3.63, 3.8) is 0 Å². The highest BCUT2D eigenvalue weighted by molar-refractivity contribution is 6.01. The van der Waals surface area contributed by atoms with E-state index in [0.29, 0.717) is 23.5 Å². The molecular weight excluding hydrogens is 488 g/mol. The minimum absolute atomic E-state index is 0.160. The number of nitrogens with one attached hydrogen (secondary N) is 2. The third kappa shape index (κ3) is 5.04. The van der Waals surface area contributed by atoms with E-state index in [1.165, 1.54) is 11.1 Å². The number of para-hydroxylation sites is 1. The minimum Gasteiger partial charge on any atom is -0.493 e. The Morgan fingerprint density at radius 3 is 2.31 bits per heavy atom. The fraction of sp³-hybridized carbons (Fsp3) is 0.303. The molecule has 1 aliphatic carbocycles. The first-order valence-corrected chi connectivity index (χ1v) is 13.4. The van der Waals surface area contributed by atoms with E-state index in [9.17, 15) is 9.90 Å². The second-order valence-corrected chi connectivity index (χ2v) is 10.5. The predicted molar refractivity (Wildman–Crippen MR) is 157 cm³/mol. The number of H-pyrrole nitrogens is 1. The zero-order valence-electron chi connectivity index (χ0n) is 23.3. The monoisotopic (exact) mass is 524 g/mol. The summed E-state index contributed by atoms with van der Waals surface area (Å²) in [5.41, 5.74) is 10.3. The van der Waals surface area contributed by atoms with Crippen molar-refractivity contribution in [2.45, 2.75) is 46.1 Å². The van der Waals surface area contributed by atoms with E-state index < -0.39 is 6.04 Å². The van der Waals surface area contributed by atoms with Gasteiger partial charge >= 0.3 is 0 Å². The maximum atomic E-state index is 13.9. The zero-order chi connectivity index (χ0) is 27.7. The van der Waals surface area contributed by atoms with Crippen molar-refractivity contribution in [2.24, 2.45) is 0 Å². The Kier molecular flexibility index (Phi) is 7.49.